The van der Waals surface area contributed by atoms with Crippen LogP contribution in [0.3, 0.4) is 0 Å². The topological polar surface area (TPSA) is 59.2 Å². The molecule has 2 aromatic rings. The maximum atomic E-state index is 12.7. The Balaban J connectivity index is 1.80. The average Bonchev–Trinajstić information content (AvgIpc) is 2.91. The highest BCUT2D eigenvalue weighted by atomic mass is 79.9. The number of rotatable bonds is 5. The Kier molecular flexibility index (Phi) is 4.93. The molecule has 0 saturated carbocycles. The highest BCUT2D eigenvalue weighted by Crippen LogP contribution is 2.41. The zero-order chi connectivity index (χ0) is 19.1. The standard InChI is InChI=1S/C21H22BrNO3/c1-5-21(4)11-15-9-14(10-17(22)19(15)26-21)18(24)7-6-16-12(2)8-13(3)23-20(16)25/h5,8-10H,1,6-7,11H2,2-4H3,(H,23,25). The minimum Gasteiger partial charge on any atom is -0.482 e. The molecule has 1 aliphatic heterocycles. The first kappa shape index (κ1) is 18.6. The lowest BCUT2D eigenvalue weighted by Crippen LogP contribution is -2.26. The van der Waals surface area contributed by atoms with Crippen LogP contribution in [-0.4, -0.2) is 16.4 Å². The van der Waals surface area contributed by atoms with Crippen molar-refractivity contribution in [3.63, 3.8) is 0 Å². The molecule has 1 aliphatic rings. The summed E-state index contributed by atoms with van der Waals surface area (Å²) in [7, 11) is 0. The fourth-order valence-electron chi connectivity index (χ4n) is 3.39. The lowest BCUT2D eigenvalue weighted by molar-refractivity contribution is 0.0982. The molecule has 0 aliphatic carbocycles. The molecular formula is C21H22BrNO3. The van der Waals surface area contributed by atoms with Crippen LogP contribution in [0.4, 0.5) is 0 Å². The molecule has 4 nitrogen and oxygen atoms in total. The molecular weight excluding hydrogens is 394 g/mol. The number of aromatic nitrogens is 1. The van der Waals surface area contributed by atoms with Crippen LogP contribution in [-0.2, 0) is 12.8 Å². The van der Waals surface area contributed by atoms with Gasteiger partial charge in [-0.2, -0.15) is 0 Å². The van der Waals surface area contributed by atoms with Crippen molar-refractivity contribution in [2.75, 3.05) is 0 Å². The van der Waals surface area contributed by atoms with Crippen LogP contribution < -0.4 is 10.3 Å². The van der Waals surface area contributed by atoms with Crippen molar-refractivity contribution in [1.82, 2.24) is 4.98 Å². The van der Waals surface area contributed by atoms with E-state index in [0.29, 0.717) is 24.0 Å². The number of halogens is 1. The van der Waals surface area contributed by atoms with Gasteiger partial charge in [0.2, 0.25) is 0 Å². The molecule has 1 atom stereocenters. The Hall–Kier alpha value is -2.14. The predicted molar refractivity (Wildman–Crippen MR) is 106 cm³/mol. The number of pyridine rings is 1. The molecule has 0 saturated heterocycles. The Labute approximate surface area is 161 Å². The second kappa shape index (κ2) is 6.88. The van der Waals surface area contributed by atoms with Crippen molar-refractivity contribution in [1.29, 1.82) is 0 Å². The van der Waals surface area contributed by atoms with Crippen LogP contribution in [0.25, 0.3) is 0 Å². The number of hydrogen-bond donors (Lipinski definition) is 1. The molecule has 0 fully saturated rings. The minimum absolute atomic E-state index is 0.0140. The summed E-state index contributed by atoms with van der Waals surface area (Å²) in [6.45, 7) is 9.56. The van der Waals surface area contributed by atoms with Crippen molar-refractivity contribution >= 4 is 21.7 Å². The molecule has 1 aromatic heterocycles. The average molecular weight is 416 g/mol. The molecule has 1 aromatic carbocycles. The van der Waals surface area contributed by atoms with Gasteiger partial charge in [-0.1, -0.05) is 6.58 Å². The van der Waals surface area contributed by atoms with Gasteiger partial charge in [-0.3, -0.25) is 9.59 Å². The molecule has 1 N–H and O–H groups in total. The fourth-order valence-corrected chi connectivity index (χ4v) is 3.98. The Morgan fingerprint density at radius 2 is 2.12 bits per heavy atom. The normalized spacial score (nSPS) is 18.3. The number of hydrogen-bond acceptors (Lipinski definition) is 3. The number of benzene rings is 1. The van der Waals surface area contributed by atoms with Gasteiger partial charge in [0.25, 0.3) is 5.56 Å². The minimum atomic E-state index is -0.446. The lowest BCUT2D eigenvalue weighted by atomic mass is 9.96. The first-order valence-corrected chi connectivity index (χ1v) is 9.39. The van der Waals surface area contributed by atoms with Gasteiger partial charge in [-0.25, -0.2) is 0 Å². The third-order valence-corrected chi connectivity index (χ3v) is 5.44. The number of fused-ring (bicyclic) bond motifs is 1. The second-order valence-electron chi connectivity index (χ2n) is 7.11. The maximum Gasteiger partial charge on any atom is 0.251 e. The molecule has 0 amide bonds. The lowest BCUT2D eigenvalue weighted by Gasteiger charge is -2.18. The summed E-state index contributed by atoms with van der Waals surface area (Å²) in [6.07, 6.45) is 3.18. The van der Waals surface area contributed by atoms with E-state index in [2.05, 4.69) is 27.5 Å². The molecule has 1 unspecified atom stereocenters. The van der Waals surface area contributed by atoms with Gasteiger partial charge in [-0.15, -0.1) is 0 Å². The number of Topliss-reactive ketones (excluding diaryl/α,β-unsaturated/α-hetero) is 1. The molecule has 2 heterocycles. The van der Waals surface area contributed by atoms with Crippen LogP contribution in [0, 0.1) is 13.8 Å². The number of carbonyl (C=O) groups excluding carboxylic acids is 1. The van der Waals surface area contributed by atoms with Crippen molar-refractivity contribution in [3.05, 3.63) is 73.6 Å². The van der Waals surface area contributed by atoms with Gasteiger partial charge < -0.3 is 9.72 Å². The Morgan fingerprint density at radius 3 is 2.77 bits per heavy atom. The van der Waals surface area contributed by atoms with E-state index < -0.39 is 5.60 Å². The predicted octanol–water partition coefficient (Wildman–Crippen LogP) is 4.45. The highest BCUT2D eigenvalue weighted by molar-refractivity contribution is 9.10. The van der Waals surface area contributed by atoms with Gasteiger partial charge in [0.15, 0.2) is 5.78 Å². The first-order chi connectivity index (χ1) is 12.2. The van der Waals surface area contributed by atoms with Crippen LogP contribution in [0.5, 0.6) is 5.75 Å². The third-order valence-electron chi connectivity index (χ3n) is 4.85. The van der Waals surface area contributed by atoms with E-state index in [4.69, 9.17) is 4.74 Å². The van der Waals surface area contributed by atoms with E-state index in [-0.39, 0.29) is 17.8 Å². The molecule has 0 spiro atoms. The number of ketones is 1. The van der Waals surface area contributed by atoms with Crippen molar-refractivity contribution in [2.24, 2.45) is 0 Å². The van der Waals surface area contributed by atoms with Gasteiger partial charge in [0, 0.05) is 35.2 Å². The Bertz CT molecular complexity index is 960. The van der Waals surface area contributed by atoms with E-state index in [1.54, 1.807) is 12.1 Å². The molecule has 26 heavy (non-hydrogen) atoms. The van der Waals surface area contributed by atoms with Gasteiger partial charge in [0.05, 0.1) is 4.47 Å². The molecule has 0 bridgehead atoms. The molecule has 5 heteroatoms. The third kappa shape index (κ3) is 3.54. The number of H-pyrrole nitrogens is 1. The van der Waals surface area contributed by atoms with Crippen LogP contribution >= 0.6 is 15.9 Å². The van der Waals surface area contributed by atoms with Gasteiger partial charge >= 0.3 is 0 Å². The second-order valence-corrected chi connectivity index (χ2v) is 7.96. The van der Waals surface area contributed by atoms with Gasteiger partial charge in [-0.05, 0) is 73.0 Å². The summed E-state index contributed by atoms with van der Waals surface area (Å²) >= 11 is 3.51. The highest BCUT2D eigenvalue weighted by Gasteiger charge is 2.34. The molecule has 136 valence electrons. The number of carbonyl (C=O) groups is 1. The first-order valence-electron chi connectivity index (χ1n) is 8.60. The maximum absolute atomic E-state index is 12.7. The monoisotopic (exact) mass is 415 g/mol. The SMILES string of the molecule is C=CC1(C)Cc2cc(C(=O)CCc3c(C)cc(C)[nH]c3=O)cc(Br)c2O1. The Morgan fingerprint density at radius 1 is 1.38 bits per heavy atom. The largest absolute Gasteiger partial charge is 0.482 e. The molecule has 0 radical (unpaired) electrons. The summed E-state index contributed by atoms with van der Waals surface area (Å²) in [5.41, 5.74) is 3.49. The number of ether oxygens (including phenoxy) is 1. The zero-order valence-electron chi connectivity index (χ0n) is 15.2. The number of aromatic amines is 1. The number of aryl methyl sites for hydroxylation is 2. The van der Waals surface area contributed by atoms with Crippen LogP contribution in [0.15, 0.2) is 40.1 Å². The smallest absolute Gasteiger partial charge is 0.251 e. The molecule has 3 rings (SSSR count). The van der Waals surface area contributed by atoms with E-state index in [9.17, 15) is 9.59 Å². The summed E-state index contributed by atoms with van der Waals surface area (Å²) in [6, 6.07) is 5.62. The van der Waals surface area contributed by atoms with E-state index in [0.717, 1.165) is 27.0 Å². The van der Waals surface area contributed by atoms with E-state index >= 15 is 0 Å². The zero-order valence-corrected chi connectivity index (χ0v) is 16.8. The number of nitrogens with one attached hydrogen (secondary N) is 1. The quantitative estimate of drug-likeness (QED) is 0.579. The summed E-state index contributed by atoms with van der Waals surface area (Å²) < 4.78 is 6.73. The fraction of sp³-hybridized carbons (Fsp3) is 0.333. The van der Waals surface area contributed by atoms with Crippen molar-refractivity contribution in [2.45, 2.75) is 45.6 Å². The van der Waals surface area contributed by atoms with Gasteiger partial charge in [0.1, 0.15) is 11.4 Å². The van der Waals surface area contributed by atoms with E-state index in [1.165, 1.54) is 0 Å². The van der Waals surface area contributed by atoms with Crippen LogP contribution in [0.1, 0.15) is 46.1 Å². The summed E-state index contributed by atoms with van der Waals surface area (Å²) in [5.74, 6) is 0.787. The van der Waals surface area contributed by atoms with Crippen LogP contribution in [0.2, 0.25) is 0 Å². The summed E-state index contributed by atoms with van der Waals surface area (Å²) in [5, 5.41) is 0. The van der Waals surface area contributed by atoms with E-state index in [1.807, 2.05) is 32.9 Å². The van der Waals surface area contributed by atoms with Crippen molar-refractivity contribution in [3.8, 4) is 5.75 Å². The summed E-state index contributed by atoms with van der Waals surface area (Å²) in [4.78, 5) is 27.6. The van der Waals surface area contributed by atoms with Crippen molar-refractivity contribution < 1.29 is 9.53 Å².